The topological polar surface area (TPSA) is 35.6 Å². The summed E-state index contributed by atoms with van der Waals surface area (Å²) in [7, 11) is 6.14. The van der Waals surface area contributed by atoms with E-state index in [1.165, 1.54) is 12.0 Å². The summed E-state index contributed by atoms with van der Waals surface area (Å²) in [4.78, 5) is 17.5. The Morgan fingerprint density at radius 2 is 1.97 bits per heavy atom. The molecule has 0 bridgehead atoms. The number of allylic oxidation sites excluding steroid dienone is 1. The molecule has 0 spiro atoms. The van der Waals surface area contributed by atoms with Crippen molar-refractivity contribution in [2.75, 3.05) is 34.2 Å². The molecular formula is C26H31N3O. The highest BCUT2D eigenvalue weighted by Crippen LogP contribution is 2.17. The Balaban J connectivity index is 1.57. The van der Waals surface area contributed by atoms with Crippen LogP contribution < -0.4 is 5.32 Å². The van der Waals surface area contributed by atoms with Gasteiger partial charge in [0.05, 0.1) is 0 Å². The van der Waals surface area contributed by atoms with Gasteiger partial charge in [-0.25, -0.2) is 0 Å². The van der Waals surface area contributed by atoms with E-state index in [4.69, 9.17) is 0 Å². The van der Waals surface area contributed by atoms with E-state index in [9.17, 15) is 4.79 Å². The molecule has 30 heavy (non-hydrogen) atoms. The van der Waals surface area contributed by atoms with Crippen LogP contribution in [0.15, 0.2) is 60.8 Å². The van der Waals surface area contributed by atoms with E-state index < -0.39 is 0 Å². The Kier molecular flexibility index (Phi) is 7.84. The van der Waals surface area contributed by atoms with Crippen LogP contribution in [0.5, 0.6) is 0 Å². The van der Waals surface area contributed by atoms with Gasteiger partial charge in [0.15, 0.2) is 5.78 Å². The average Bonchev–Trinajstić information content (AvgIpc) is 3.22. The van der Waals surface area contributed by atoms with Crippen molar-refractivity contribution in [3.8, 4) is 11.8 Å². The highest BCUT2D eigenvalue weighted by molar-refractivity contribution is 5.97. The molecular weight excluding hydrogens is 370 g/mol. The number of hydrogen-bond acceptors (Lipinski definition) is 4. The van der Waals surface area contributed by atoms with Crippen LogP contribution in [-0.4, -0.2) is 55.9 Å². The minimum absolute atomic E-state index is 0.116. The maximum atomic E-state index is 12.7. The number of hydrogen-bond donors (Lipinski definition) is 1. The first-order chi connectivity index (χ1) is 14.5. The van der Waals surface area contributed by atoms with Crippen LogP contribution in [0.25, 0.3) is 0 Å². The molecule has 1 aliphatic rings. The molecule has 0 radical (unpaired) electrons. The van der Waals surface area contributed by atoms with Crippen molar-refractivity contribution < 1.29 is 4.79 Å². The molecule has 2 aromatic rings. The van der Waals surface area contributed by atoms with Gasteiger partial charge in [-0.05, 0) is 43.8 Å². The third-order valence-corrected chi connectivity index (χ3v) is 5.51. The van der Waals surface area contributed by atoms with E-state index in [0.717, 1.165) is 30.8 Å². The van der Waals surface area contributed by atoms with E-state index in [0.29, 0.717) is 18.0 Å². The van der Waals surface area contributed by atoms with Crippen LogP contribution in [-0.2, 0) is 13.0 Å². The quantitative estimate of drug-likeness (QED) is 0.570. The molecule has 0 aromatic heterocycles. The van der Waals surface area contributed by atoms with E-state index in [2.05, 4.69) is 65.3 Å². The predicted octanol–water partition coefficient (Wildman–Crippen LogP) is 3.33. The van der Waals surface area contributed by atoms with Crippen LogP contribution in [0.4, 0.5) is 0 Å². The Hall–Kier alpha value is -2.87. The van der Waals surface area contributed by atoms with Gasteiger partial charge in [-0.3, -0.25) is 9.69 Å². The molecule has 4 nitrogen and oxygen atoms in total. The molecule has 0 saturated carbocycles. The van der Waals surface area contributed by atoms with E-state index in [1.54, 1.807) is 12.3 Å². The standard InChI is InChI=1S/C26H31N3O/c1-27-15-5-4-7-21-8-6-9-24(17-21)26(30)18-22-10-12-23(13-11-22)19-29-16-14-25(20-29)28(2)3/h5-6,8-13,15,17,25,27H,14,16,18-20H2,1-3H3/b15-5+/t25-/m1/s1. The molecule has 3 rings (SSSR count). The zero-order valence-corrected chi connectivity index (χ0v) is 18.2. The van der Waals surface area contributed by atoms with E-state index >= 15 is 0 Å². The summed E-state index contributed by atoms with van der Waals surface area (Å²) in [5, 5.41) is 2.90. The number of ketones is 1. The number of carbonyl (C=O) groups is 1. The summed E-state index contributed by atoms with van der Waals surface area (Å²) < 4.78 is 0. The summed E-state index contributed by atoms with van der Waals surface area (Å²) in [6.45, 7) is 3.24. The lowest BCUT2D eigenvalue weighted by atomic mass is 10.0. The lowest BCUT2D eigenvalue weighted by Gasteiger charge is -2.20. The lowest BCUT2D eigenvalue weighted by Crippen LogP contribution is -2.31. The maximum absolute atomic E-state index is 12.7. The van der Waals surface area contributed by atoms with Crippen molar-refractivity contribution in [2.24, 2.45) is 0 Å². The normalized spacial score (nSPS) is 16.6. The van der Waals surface area contributed by atoms with Gasteiger partial charge in [0, 0.05) is 62.5 Å². The summed E-state index contributed by atoms with van der Waals surface area (Å²) in [6, 6.07) is 16.7. The smallest absolute Gasteiger partial charge is 0.167 e. The highest BCUT2D eigenvalue weighted by atomic mass is 16.1. The second-order valence-corrected chi connectivity index (χ2v) is 8.03. The molecule has 1 atom stereocenters. The summed E-state index contributed by atoms with van der Waals surface area (Å²) in [5.74, 6) is 6.12. The SMILES string of the molecule is CN/C=C/C#Cc1cccc(C(=O)Cc2ccc(CN3CC[C@@H](N(C)C)C3)cc2)c1. The minimum atomic E-state index is 0.116. The lowest BCUT2D eigenvalue weighted by molar-refractivity contribution is 0.0993. The zero-order valence-electron chi connectivity index (χ0n) is 18.2. The molecule has 1 aliphatic heterocycles. The molecule has 0 unspecified atom stereocenters. The Labute approximate surface area is 180 Å². The molecule has 4 heteroatoms. The van der Waals surface area contributed by atoms with Crippen molar-refractivity contribution in [2.45, 2.75) is 25.4 Å². The third kappa shape index (κ3) is 6.32. The Morgan fingerprint density at radius 3 is 2.67 bits per heavy atom. The molecule has 1 fully saturated rings. The largest absolute Gasteiger partial charge is 0.393 e. The van der Waals surface area contributed by atoms with Crippen molar-refractivity contribution in [3.63, 3.8) is 0 Å². The fourth-order valence-corrected chi connectivity index (χ4v) is 3.71. The third-order valence-electron chi connectivity index (χ3n) is 5.51. The molecule has 0 aliphatic carbocycles. The molecule has 0 amide bonds. The van der Waals surface area contributed by atoms with Crippen LogP contribution in [0.1, 0.15) is 33.5 Å². The number of nitrogens with zero attached hydrogens (tertiary/aromatic N) is 2. The zero-order chi connectivity index (χ0) is 21.3. The maximum Gasteiger partial charge on any atom is 0.167 e. The van der Waals surface area contributed by atoms with Crippen LogP contribution in [0, 0.1) is 11.8 Å². The van der Waals surface area contributed by atoms with Gasteiger partial charge in [0.25, 0.3) is 0 Å². The van der Waals surface area contributed by atoms with E-state index in [-0.39, 0.29) is 5.78 Å². The number of likely N-dealkylation sites (N-methyl/N-ethyl adjacent to an activating group) is 1. The van der Waals surface area contributed by atoms with Crippen molar-refractivity contribution >= 4 is 5.78 Å². The number of carbonyl (C=O) groups excluding carboxylic acids is 1. The molecule has 156 valence electrons. The minimum Gasteiger partial charge on any atom is -0.393 e. The van der Waals surface area contributed by atoms with Crippen LogP contribution >= 0.6 is 0 Å². The van der Waals surface area contributed by atoms with Gasteiger partial charge in [-0.2, -0.15) is 0 Å². The van der Waals surface area contributed by atoms with E-state index in [1.807, 2.05) is 31.3 Å². The second-order valence-electron chi connectivity index (χ2n) is 8.03. The first-order valence-corrected chi connectivity index (χ1v) is 10.5. The fourth-order valence-electron chi connectivity index (χ4n) is 3.71. The first kappa shape index (κ1) is 21.8. The van der Waals surface area contributed by atoms with Gasteiger partial charge in [-0.15, -0.1) is 0 Å². The summed E-state index contributed by atoms with van der Waals surface area (Å²) >= 11 is 0. The van der Waals surface area contributed by atoms with Gasteiger partial charge in [0.1, 0.15) is 0 Å². The van der Waals surface area contributed by atoms with Gasteiger partial charge in [0.2, 0.25) is 0 Å². The average molecular weight is 402 g/mol. The predicted molar refractivity (Wildman–Crippen MR) is 123 cm³/mol. The van der Waals surface area contributed by atoms with Crippen molar-refractivity contribution in [1.29, 1.82) is 0 Å². The Bertz CT molecular complexity index is 935. The van der Waals surface area contributed by atoms with Crippen molar-refractivity contribution in [1.82, 2.24) is 15.1 Å². The molecule has 2 aromatic carbocycles. The fraction of sp³-hybridized carbons (Fsp3) is 0.346. The second kappa shape index (κ2) is 10.8. The van der Waals surface area contributed by atoms with Crippen LogP contribution in [0.3, 0.4) is 0 Å². The highest BCUT2D eigenvalue weighted by Gasteiger charge is 2.23. The molecule has 1 N–H and O–H groups in total. The Morgan fingerprint density at radius 1 is 1.20 bits per heavy atom. The van der Waals surface area contributed by atoms with Crippen LogP contribution in [0.2, 0.25) is 0 Å². The van der Waals surface area contributed by atoms with Gasteiger partial charge < -0.3 is 10.2 Å². The summed E-state index contributed by atoms with van der Waals surface area (Å²) in [6.07, 6.45) is 5.16. The molecule has 1 saturated heterocycles. The number of likely N-dealkylation sites (tertiary alicyclic amines) is 1. The number of rotatable bonds is 7. The summed E-state index contributed by atoms with van der Waals surface area (Å²) in [5.41, 5.74) is 3.90. The molecule has 1 heterocycles. The monoisotopic (exact) mass is 401 g/mol. The number of Topliss-reactive ketones (excluding diaryl/α,β-unsaturated/α-hetero) is 1. The van der Waals surface area contributed by atoms with Gasteiger partial charge >= 0.3 is 0 Å². The first-order valence-electron chi connectivity index (χ1n) is 10.5. The van der Waals surface area contributed by atoms with Gasteiger partial charge in [-0.1, -0.05) is 48.2 Å². The number of nitrogens with one attached hydrogen (secondary N) is 1. The number of benzene rings is 2. The van der Waals surface area contributed by atoms with Crippen molar-refractivity contribution in [3.05, 3.63) is 83.1 Å².